The number of aliphatic hydroxyl groups is 1. The minimum atomic E-state index is -0.866. The number of aromatic hydroxyl groups is 1. The van der Waals surface area contributed by atoms with Crippen molar-refractivity contribution in [3.8, 4) is 5.75 Å². The molecule has 5 heteroatoms. The van der Waals surface area contributed by atoms with Gasteiger partial charge >= 0.3 is 0 Å². The SMILES string of the molecule is Cc1cccc(C2/C(=C(/O)c3ccc(C)c(C)c3)C(=O)C(=O)N2c2ccccc2O)c1. The zero-order valence-corrected chi connectivity index (χ0v) is 17.6. The Bertz CT molecular complexity index is 1240. The van der Waals surface area contributed by atoms with E-state index >= 15 is 0 Å². The second-order valence-electron chi connectivity index (χ2n) is 7.87. The Hall–Kier alpha value is -3.86. The van der Waals surface area contributed by atoms with Crippen LogP contribution in [0.3, 0.4) is 0 Å². The molecule has 0 aliphatic carbocycles. The molecule has 0 aromatic heterocycles. The molecule has 1 aliphatic heterocycles. The lowest BCUT2D eigenvalue weighted by Crippen LogP contribution is -2.29. The van der Waals surface area contributed by atoms with Crippen LogP contribution in [0, 0.1) is 20.8 Å². The Morgan fingerprint density at radius 1 is 0.871 bits per heavy atom. The van der Waals surface area contributed by atoms with Gasteiger partial charge in [-0.15, -0.1) is 0 Å². The summed E-state index contributed by atoms with van der Waals surface area (Å²) in [4.78, 5) is 27.5. The van der Waals surface area contributed by atoms with Crippen molar-refractivity contribution in [1.29, 1.82) is 0 Å². The summed E-state index contributed by atoms with van der Waals surface area (Å²) in [5.74, 6) is -1.93. The number of hydrogen-bond donors (Lipinski definition) is 2. The molecule has 1 fully saturated rings. The minimum Gasteiger partial charge on any atom is -0.507 e. The number of aliphatic hydroxyl groups excluding tert-OH is 1. The van der Waals surface area contributed by atoms with Gasteiger partial charge in [0.15, 0.2) is 0 Å². The maximum Gasteiger partial charge on any atom is 0.300 e. The van der Waals surface area contributed by atoms with Crippen LogP contribution in [0.5, 0.6) is 5.75 Å². The van der Waals surface area contributed by atoms with E-state index in [9.17, 15) is 19.8 Å². The zero-order chi connectivity index (χ0) is 22.3. The second kappa shape index (κ2) is 7.76. The number of anilines is 1. The average molecular weight is 413 g/mol. The molecule has 3 aromatic rings. The first-order valence-corrected chi connectivity index (χ1v) is 10.0. The lowest BCUT2D eigenvalue weighted by molar-refractivity contribution is -0.132. The predicted octanol–water partition coefficient (Wildman–Crippen LogP) is 4.94. The van der Waals surface area contributed by atoms with Crippen LogP contribution in [0.2, 0.25) is 0 Å². The van der Waals surface area contributed by atoms with Gasteiger partial charge in [-0.3, -0.25) is 14.5 Å². The number of ketones is 1. The highest BCUT2D eigenvalue weighted by Crippen LogP contribution is 2.44. The van der Waals surface area contributed by atoms with E-state index in [1.807, 2.05) is 51.1 Å². The van der Waals surface area contributed by atoms with Crippen LogP contribution in [0.25, 0.3) is 5.76 Å². The number of hydrogen-bond acceptors (Lipinski definition) is 4. The standard InChI is InChI=1S/C26H23NO4/c1-15-7-6-8-18(13-15)23-22(24(29)19-12-11-16(2)17(3)14-19)25(30)26(31)27(23)20-9-4-5-10-21(20)28/h4-14,23,28-29H,1-3H3/b24-22-. The summed E-state index contributed by atoms with van der Waals surface area (Å²) in [6.45, 7) is 5.80. The van der Waals surface area contributed by atoms with Crippen molar-refractivity contribution >= 4 is 23.1 Å². The fourth-order valence-electron chi connectivity index (χ4n) is 3.95. The van der Waals surface area contributed by atoms with Gasteiger partial charge in [0.1, 0.15) is 11.5 Å². The fourth-order valence-corrected chi connectivity index (χ4v) is 3.95. The summed E-state index contributed by atoms with van der Waals surface area (Å²) in [6, 6.07) is 18.3. The summed E-state index contributed by atoms with van der Waals surface area (Å²) in [7, 11) is 0. The van der Waals surface area contributed by atoms with Gasteiger partial charge in [-0.2, -0.15) is 0 Å². The molecule has 156 valence electrons. The molecule has 1 atom stereocenters. The molecule has 0 spiro atoms. The molecule has 0 radical (unpaired) electrons. The maximum absolute atomic E-state index is 13.1. The van der Waals surface area contributed by atoms with Crippen LogP contribution in [-0.2, 0) is 9.59 Å². The molecule has 5 nitrogen and oxygen atoms in total. The van der Waals surface area contributed by atoms with E-state index in [0.29, 0.717) is 11.1 Å². The third kappa shape index (κ3) is 3.48. The van der Waals surface area contributed by atoms with Crippen LogP contribution in [0.15, 0.2) is 72.3 Å². The molecular formula is C26H23NO4. The van der Waals surface area contributed by atoms with E-state index in [1.165, 1.54) is 11.0 Å². The van der Waals surface area contributed by atoms with Gasteiger partial charge in [0.25, 0.3) is 11.7 Å². The van der Waals surface area contributed by atoms with E-state index in [-0.39, 0.29) is 22.8 Å². The highest BCUT2D eigenvalue weighted by Gasteiger charge is 2.47. The molecular weight excluding hydrogens is 390 g/mol. The molecule has 1 saturated heterocycles. The summed E-state index contributed by atoms with van der Waals surface area (Å²) in [5.41, 5.74) is 4.33. The van der Waals surface area contributed by atoms with Gasteiger partial charge in [0.05, 0.1) is 17.3 Å². The summed E-state index contributed by atoms with van der Waals surface area (Å²) in [6.07, 6.45) is 0. The summed E-state index contributed by atoms with van der Waals surface area (Å²) in [5, 5.41) is 21.6. The first-order chi connectivity index (χ1) is 14.8. The van der Waals surface area contributed by atoms with Crippen molar-refractivity contribution in [2.75, 3.05) is 4.90 Å². The van der Waals surface area contributed by atoms with Crippen molar-refractivity contribution in [2.45, 2.75) is 26.8 Å². The van der Waals surface area contributed by atoms with Crippen molar-refractivity contribution in [2.24, 2.45) is 0 Å². The zero-order valence-electron chi connectivity index (χ0n) is 17.6. The fraction of sp³-hybridized carbons (Fsp3) is 0.154. The third-order valence-corrected chi connectivity index (χ3v) is 5.72. The lowest BCUT2D eigenvalue weighted by Gasteiger charge is -2.26. The van der Waals surface area contributed by atoms with Crippen molar-refractivity contribution in [1.82, 2.24) is 0 Å². The second-order valence-corrected chi connectivity index (χ2v) is 7.87. The number of rotatable bonds is 3. The van der Waals surface area contributed by atoms with Crippen LogP contribution in [-0.4, -0.2) is 21.9 Å². The van der Waals surface area contributed by atoms with Gasteiger partial charge in [-0.1, -0.05) is 54.1 Å². The quantitative estimate of drug-likeness (QED) is 0.362. The first kappa shape index (κ1) is 20.4. The number of carbonyl (C=O) groups excluding carboxylic acids is 2. The molecule has 1 heterocycles. The molecule has 4 rings (SSSR count). The van der Waals surface area contributed by atoms with E-state index < -0.39 is 17.7 Å². The molecule has 0 saturated carbocycles. The number of Topliss-reactive ketones (excluding diaryl/α,β-unsaturated/α-hetero) is 1. The predicted molar refractivity (Wildman–Crippen MR) is 120 cm³/mol. The van der Waals surface area contributed by atoms with E-state index in [1.54, 1.807) is 30.3 Å². The first-order valence-electron chi connectivity index (χ1n) is 10.0. The van der Waals surface area contributed by atoms with Crippen LogP contribution < -0.4 is 4.90 Å². The number of para-hydroxylation sites is 2. The lowest BCUT2D eigenvalue weighted by atomic mass is 9.93. The molecule has 1 aliphatic rings. The Kier molecular flexibility index (Phi) is 5.11. The maximum atomic E-state index is 13.1. The number of phenols is 1. The topological polar surface area (TPSA) is 77.8 Å². The smallest absolute Gasteiger partial charge is 0.300 e. The molecule has 1 unspecified atom stereocenters. The summed E-state index contributed by atoms with van der Waals surface area (Å²) >= 11 is 0. The van der Waals surface area contributed by atoms with Gasteiger partial charge in [-0.25, -0.2) is 0 Å². The Balaban J connectivity index is 1.99. The van der Waals surface area contributed by atoms with E-state index in [0.717, 1.165) is 16.7 Å². The number of aryl methyl sites for hydroxylation is 3. The Labute approximate surface area is 180 Å². The molecule has 1 amide bonds. The van der Waals surface area contributed by atoms with E-state index in [4.69, 9.17) is 0 Å². The number of amides is 1. The normalized spacial score (nSPS) is 17.9. The average Bonchev–Trinajstić information content (AvgIpc) is 3.01. The van der Waals surface area contributed by atoms with Gasteiger partial charge in [0.2, 0.25) is 0 Å². The van der Waals surface area contributed by atoms with Crippen LogP contribution in [0.4, 0.5) is 5.69 Å². The molecule has 31 heavy (non-hydrogen) atoms. The van der Waals surface area contributed by atoms with E-state index in [2.05, 4.69) is 0 Å². The Morgan fingerprint density at radius 3 is 2.29 bits per heavy atom. The van der Waals surface area contributed by atoms with Gasteiger partial charge in [-0.05, 0) is 55.7 Å². The van der Waals surface area contributed by atoms with Gasteiger partial charge < -0.3 is 10.2 Å². The number of carbonyl (C=O) groups is 2. The van der Waals surface area contributed by atoms with Gasteiger partial charge in [0, 0.05) is 5.56 Å². The van der Waals surface area contributed by atoms with Crippen LogP contribution >= 0.6 is 0 Å². The molecule has 2 N–H and O–H groups in total. The highest BCUT2D eigenvalue weighted by atomic mass is 16.3. The number of nitrogens with zero attached hydrogens (tertiary/aromatic N) is 1. The third-order valence-electron chi connectivity index (χ3n) is 5.72. The summed E-state index contributed by atoms with van der Waals surface area (Å²) < 4.78 is 0. The van der Waals surface area contributed by atoms with Crippen molar-refractivity contribution in [3.05, 3.63) is 100 Å². The molecule has 0 bridgehead atoms. The van der Waals surface area contributed by atoms with Crippen molar-refractivity contribution in [3.63, 3.8) is 0 Å². The number of phenolic OH excluding ortho intramolecular Hbond substituents is 1. The number of benzene rings is 3. The molecule has 3 aromatic carbocycles. The Morgan fingerprint density at radius 2 is 1.61 bits per heavy atom. The minimum absolute atomic E-state index is 0.00195. The van der Waals surface area contributed by atoms with Crippen molar-refractivity contribution < 1.29 is 19.8 Å². The monoisotopic (exact) mass is 413 g/mol. The van der Waals surface area contributed by atoms with Crippen LogP contribution in [0.1, 0.15) is 33.9 Å². The highest BCUT2D eigenvalue weighted by molar-refractivity contribution is 6.51. The largest absolute Gasteiger partial charge is 0.507 e.